The van der Waals surface area contributed by atoms with Gasteiger partial charge >= 0.3 is 5.97 Å². The first-order valence-corrected chi connectivity index (χ1v) is 34.6. The van der Waals surface area contributed by atoms with Crippen molar-refractivity contribution in [3.05, 3.63) is 24.3 Å². The molecule has 6 heteroatoms. The number of allylic oxidation sites excluding steroid dienone is 3. The molecular weight excluding hydrogens is 935 g/mol. The average molecular weight is 1070 g/mol. The largest absolute Gasteiger partial charge is 0.466 e. The van der Waals surface area contributed by atoms with Gasteiger partial charge in [0.1, 0.15) is 0 Å². The molecule has 0 aromatic rings. The molecule has 0 aliphatic carbocycles. The Morgan fingerprint density at radius 1 is 0.355 bits per heavy atom. The lowest BCUT2D eigenvalue weighted by molar-refractivity contribution is -0.143. The Labute approximate surface area is 475 Å². The van der Waals surface area contributed by atoms with E-state index in [1.807, 2.05) is 6.08 Å². The molecule has 0 aromatic heterocycles. The van der Waals surface area contributed by atoms with E-state index in [4.69, 9.17) is 4.74 Å². The van der Waals surface area contributed by atoms with Crippen molar-refractivity contribution in [1.29, 1.82) is 0 Å². The van der Waals surface area contributed by atoms with Gasteiger partial charge in [-0.05, 0) is 57.8 Å². The van der Waals surface area contributed by atoms with Crippen molar-refractivity contribution in [1.82, 2.24) is 5.32 Å². The first-order valence-electron chi connectivity index (χ1n) is 34.6. The third-order valence-corrected chi connectivity index (χ3v) is 16.2. The van der Waals surface area contributed by atoms with E-state index in [2.05, 4.69) is 31.3 Å². The number of nitrogens with one attached hydrogen (secondary N) is 1. The SMILES string of the molecule is CCCCCCC/C=C\CCCCCCCC(=O)OCCCCCCCCCCCCCCCCCCCCCCCC(=O)NC(CO)C(O)/C=C/CCCCCCCCCCCCCCCCCCCCCCCC. The Morgan fingerprint density at radius 2 is 0.618 bits per heavy atom. The Balaban J connectivity index is 3.42. The second kappa shape index (κ2) is 65.9. The summed E-state index contributed by atoms with van der Waals surface area (Å²) in [6, 6.07) is -0.630. The van der Waals surface area contributed by atoms with Gasteiger partial charge in [0.05, 0.1) is 25.4 Å². The van der Waals surface area contributed by atoms with Crippen molar-refractivity contribution >= 4 is 11.9 Å². The second-order valence-corrected chi connectivity index (χ2v) is 23.9. The van der Waals surface area contributed by atoms with Crippen LogP contribution >= 0.6 is 0 Å². The van der Waals surface area contributed by atoms with Gasteiger partial charge in [0.2, 0.25) is 5.91 Å². The summed E-state index contributed by atoms with van der Waals surface area (Å²) in [6.07, 6.45) is 82.4. The Bertz CT molecular complexity index is 1190. The monoisotopic (exact) mass is 1070 g/mol. The Morgan fingerprint density at radius 3 is 0.934 bits per heavy atom. The molecular formula is C70H135NO5. The van der Waals surface area contributed by atoms with Crippen LogP contribution in [0.15, 0.2) is 24.3 Å². The molecule has 2 unspecified atom stereocenters. The Kier molecular flexibility index (Phi) is 64.4. The van der Waals surface area contributed by atoms with Crippen molar-refractivity contribution in [3.63, 3.8) is 0 Å². The molecule has 0 radical (unpaired) electrons. The maximum absolute atomic E-state index is 12.5. The van der Waals surface area contributed by atoms with E-state index in [0.717, 1.165) is 44.9 Å². The number of aliphatic hydroxyl groups excluding tert-OH is 2. The molecule has 0 fully saturated rings. The highest BCUT2D eigenvalue weighted by Crippen LogP contribution is 2.19. The molecule has 0 saturated heterocycles. The van der Waals surface area contributed by atoms with Crippen LogP contribution in [0.1, 0.15) is 386 Å². The molecule has 0 saturated carbocycles. The van der Waals surface area contributed by atoms with Gasteiger partial charge in [0, 0.05) is 12.8 Å². The van der Waals surface area contributed by atoms with Gasteiger partial charge in [-0.1, -0.05) is 340 Å². The molecule has 0 bridgehead atoms. The van der Waals surface area contributed by atoms with Crippen LogP contribution in [0.5, 0.6) is 0 Å². The minimum absolute atomic E-state index is 0.00369. The van der Waals surface area contributed by atoms with E-state index in [9.17, 15) is 19.8 Å². The number of aliphatic hydroxyl groups is 2. The molecule has 0 rings (SSSR count). The van der Waals surface area contributed by atoms with Gasteiger partial charge in [-0.3, -0.25) is 9.59 Å². The number of rotatable bonds is 65. The summed E-state index contributed by atoms with van der Waals surface area (Å²) in [6.45, 7) is 4.92. The summed E-state index contributed by atoms with van der Waals surface area (Å²) in [4.78, 5) is 24.6. The molecule has 3 N–H and O–H groups in total. The summed E-state index contributed by atoms with van der Waals surface area (Å²) in [7, 11) is 0. The fourth-order valence-corrected chi connectivity index (χ4v) is 10.9. The number of carbonyl (C=O) groups excluding carboxylic acids is 2. The van der Waals surface area contributed by atoms with E-state index in [1.165, 1.54) is 315 Å². The maximum atomic E-state index is 12.5. The van der Waals surface area contributed by atoms with E-state index in [0.29, 0.717) is 19.4 Å². The normalized spacial score (nSPS) is 12.6. The summed E-state index contributed by atoms with van der Waals surface area (Å²) < 4.78 is 5.48. The molecule has 6 nitrogen and oxygen atoms in total. The quantitative estimate of drug-likeness (QED) is 0.0320. The molecule has 0 aromatic carbocycles. The van der Waals surface area contributed by atoms with E-state index >= 15 is 0 Å². The predicted molar refractivity (Wildman–Crippen MR) is 333 cm³/mol. The van der Waals surface area contributed by atoms with Gasteiger partial charge in [0.25, 0.3) is 0 Å². The first kappa shape index (κ1) is 74.3. The van der Waals surface area contributed by atoms with Crippen LogP contribution in [-0.4, -0.2) is 47.4 Å². The van der Waals surface area contributed by atoms with Crippen molar-refractivity contribution in [2.75, 3.05) is 13.2 Å². The van der Waals surface area contributed by atoms with Crippen molar-refractivity contribution in [2.45, 2.75) is 398 Å². The second-order valence-electron chi connectivity index (χ2n) is 23.9. The first-order chi connectivity index (χ1) is 37.5. The average Bonchev–Trinajstić information content (AvgIpc) is 3.42. The van der Waals surface area contributed by atoms with Crippen LogP contribution in [0.3, 0.4) is 0 Å². The van der Waals surface area contributed by atoms with Crippen molar-refractivity contribution in [3.8, 4) is 0 Å². The van der Waals surface area contributed by atoms with Crippen LogP contribution in [0, 0.1) is 0 Å². The zero-order valence-electron chi connectivity index (χ0n) is 51.5. The minimum Gasteiger partial charge on any atom is -0.466 e. The van der Waals surface area contributed by atoms with Crippen LogP contribution in [0.4, 0.5) is 0 Å². The van der Waals surface area contributed by atoms with Crippen LogP contribution in [-0.2, 0) is 14.3 Å². The smallest absolute Gasteiger partial charge is 0.305 e. The molecule has 0 aliphatic rings. The molecule has 2 atom stereocenters. The molecule has 0 heterocycles. The summed E-state index contributed by atoms with van der Waals surface area (Å²) in [5.74, 6) is -0.0610. The standard InChI is InChI=1S/C70H135NO5/c1-3-5-7-9-11-13-15-17-19-20-21-22-23-24-26-29-32-35-38-42-46-50-54-58-62-68(73)67(66-72)71-69(74)63-59-55-51-47-43-39-36-33-30-27-25-28-31-34-37-41-45-49-53-57-61-65-76-70(75)64-60-56-52-48-44-40-18-16-14-12-10-8-6-4-2/h16,18,58,62,67-68,72-73H,3-15,17,19-57,59-61,63-66H2,1-2H3,(H,71,74)/b18-16-,62-58+. The lowest BCUT2D eigenvalue weighted by Crippen LogP contribution is -2.45. The molecule has 1 amide bonds. The highest BCUT2D eigenvalue weighted by atomic mass is 16.5. The van der Waals surface area contributed by atoms with Crippen molar-refractivity contribution < 1.29 is 24.5 Å². The van der Waals surface area contributed by atoms with E-state index in [1.54, 1.807) is 6.08 Å². The summed E-state index contributed by atoms with van der Waals surface area (Å²) >= 11 is 0. The van der Waals surface area contributed by atoms with Crippen molar-refractivity contribution in [2.24, 2.45) is 0 Å². The number of unbranched alkanes of at least 4 members (excludes halogenated alkanes) is 52. The summed E-state index contributed by atoms with van der Waals surface area (Å²) in [5, 5.41) is 23.3. The van der Waals surface area contributed by atoms with Gasteiger partial charge in [-0.15, -0.1) is 0 Å². The topological polar surface area (TPSA) is 95.9 Å². The lowest BCUT2D eigenvalue weighted by Gasteiger charge is -2.20. The van der Waals surface area contributed by atoms with Gasteiger partial charge in [-0.25, -0.2) is 0 Å². The highest BCUT2D eigenvalue weighted by molar-refractivity contribution is 5.76. The van der Waals surface area contributed by atoms with Crippen LogP contribution < -0.4 is 5.32 Å². The van der Waals surface area contributed by atoms with Gasteiger partial charge < -0.3 is 20.3 Å². The number of carbonyl (C=O) groups is 2. The molecule has 0 spiro atoms. The lowest BCUT2D eigenvalue weighted by atomic mass is 10.0. The molecule has 76 heavy (non-hydrogen) atoms. The number of hydrogen-bond acceptors (Lipinski definition) is 5. The number of esters is 1. The number of ether oxygens (including phenoxy) is 1. The van der Waals surface area contributed by atoms with E-state index in [-0.39, 0.29) is 18.5 Å². The Hall–Kier alpha value is -1.66. The van der Waals surface area contributed by atoms with Crippen LogP contribution in [0.2, 0.25) is 0 Å². The maximum Gasteiger partial charge on any atom is 0.305 e. The summed E-state index contributed by atoms with van der Waals surface area (Å²) in [5.41, 5.74) is 0. The molecule has 450 valence electrons. The zero-order valence-corrected chi connectivity index (χ0v) is 51.5. The third kappa shape index (κ3) is 61.6. The number of amides is 1. The zero-order chi connectivity index (χ0) is 55.0. The highest BCUT2D eigenvalue weighted by Gasteiger charge is 2.18. The fourth-order valence-electron chi connectivity index (χ4n) is 10.9. The third-order valence-electron chi connectivity index (χ3n) is 16.2. The van der Waals surface area contributed by atoms with Crippen LogP contribution in [0.25, 0.3) is 0 Å². The molecule has 0 aliphatic heterocycles. The van der Waals surface area contributed by atoms with Gasteiger partial charge in [-0.2, -0.15) is 0 Å². The fraction of sp³-hybridized carbons (Fsp3) is 0.914. The predicted octanol–water partition coefficient (Wildman–Crippen LogP) is 22.1. The minimum atomic E-state index is -0.847. The number of hydrogen-bond donors (Lipinski definition) is 3. The van der Waals surface area contributed by atoms with Gasteiger partial charge in [0.15, 0.2) is 0 Å². The van der Waals surface area contributed by atoms with E-state index < -0.39 is 12.1 Å².